The Bertz CT molecular complexity index is 919. The second-order valence-electron chi connectivity index (χ2n) is 8.99. The molecule has 2 fully saturated rings. The number of carbonyl (C=O) groups is 2. The number of methoxy groups -OCH3 is 1. The van der Waals surface area contributed by atoms with Crippen LogP contribution in [0, 0.1) is 5.92 Å². The zero-order chi connectivity index (χ0) is 21.2. The summed E-state index contributed by atoms with van der Waals surface area (Å²) in [4.78, 5) is 29.4. The van der Waals surface area contributed by atoms with E-state index in [4.69, 9.17) is 19.9 Å². The molecule has 4 aliphatic rings. The highest BCUT2D eigenvalue weighted by molar-refractivity contribution is 5.89. The molecule has 2 bridgehead atoms. The summed E-state index contributed by atoms with van der Waals surface area (Å²) < 4.78 is 17.8. The minimum Gasteiger partial charge on any atom is -0.493 e. The van der Waals surface area contributed by atoms with Crippen LogP contribution in [0.3, 0.4) is 0 Å². The number of amides is 1. The minimum atomic E-state index is -0.471. The molecule has 1 aromatic carbocycles. The molecule has 8 heteroatoms. The molecule has 0 unspecified atom stereocenters. The lowest BCUT2D eigenvalue weighted by Crippen LogP contribution is -2.65. The summed E-state index contributed by atoms with van der Waals surface area (Å²) in [6.07, 6.45) is 2.13. The van der Waals surface area contributed by atoms with Crippen LogP contribution in [0.15, 0.2) is 6.07 Å². The molecule has 8 nitrogen and oxygen atoms in total. The van der Waals surface area contributed by atoms with Gasteiger partial charge in [-0.15, -0.1) is 0 Å². The highest BCUT2D eigenvalue weighted by Crippen LogP contribution is 2.64. The molecule has 1 aromatic rings. The molecule has 2 aliphatic carbocycles. The van der Waals surface area contributed by atoms with Crippen molar-refractivity contribution in [3.8, 4) is 17.2 Å². The minimum absolute atomic E-state index is 0.168. The van der Waals surface area contributed by atoms with Crippen LogP contribution in [-0.2, 0) is 16.6 Å². The smallest absolute Gasteiger partial charge is 0.415 e. The number of nitrogens with two attached hydrogens (primary N) is 1. The van der Waals surface area contributed by atoms with Gasteiger partial charge in [0.05, 0.1) is 7.11 Å². The number of carbonyl (C=O) groups excluding carboxylic acids is 2. The Kier molecular flexibility index (Phi) is 4.48. The summed E-state index contributed by atoms with van der Waals surface area (Å²) in [5.74, 6) is 2.20. The van der Waals surface area contributed by atoms with Crippen molar-refractivity contribution in [3.05, 3.63) is 17.2 Å². The number of hydrogen-bond acceptors (Lipinski definition) is 7. The number of rotatable bonds is 4. The van der Waals surface area contributed by atoms with Crippen molar-refractivity contribution in [2.45, 2.75) is 43.2 Å². The number of ether oxygens (including phenoxy) is 3. The number of likely N-dealkylation sites (N-methyl/N-ethyl adjacent to an activating group) is 2. The molecular weight excluding hydrogens is 386 g/mol. The molecule has 1 amide bonds. The van der Waals surface area contributed by atoms with Crippen LogP contribution in [0.5, 0.6) is 17.2 Å². The quantitative estimate of drug-likeness (QED) is 0.793. The largest absolute Gasteiger partial charge is 0.493 e. The molecular formula is C22H29N3O5. The van der Waals surface area contributed by atoms with Crippen molar-refractivity contribution in [2.75, 3.05) is 40.8 Å². The lowest BCUT2D eigenvalue weighted by Gasteiger charge is -2.57. The molecule has 4 atom stereocenters. The Balaban J connectivity index is 1.67. The predicted octanol–water partition coefficient (Wildman–Crippen LogP) is 1.32. The van der Waals surface area contributed by atoms with E-state index in [1.807, 2.05) is 0 Å². The van der Waals surface area contributed by atoms with Gasteiger partial charge in [0.25, 0.3) is 0 Å². The van der Waals surface area contributed by atoms with E-state index in [0.717, 1.165) is 36.9 Å². The van der Waals surface area contributed by atoms with Gasteiger partial charge in [0.2, 0.25) is 0 Å². The predicted molar refractivity (Wildman–Crippen MR) is 109 cm³/mol. The average Bonchev–Trinajstić information content (AvgIpc) is 3.08. The SMILES string of the molecule is COc1cc(OC(=O)N(C)CCN)c2c3c1O[C@H]1C(=O)CC[C@H]4[C@@H](C2)N(C)CC[C@]314. The first-order valence-electron chi connectivity index (χ1n) is 10.7. The second kappa shape index (κ2) is 6.85. The number of nitrogens with zero attached hydrogens (tertiary/aromatic N) is 2. The lowest BCUT2D eigenvalue weighted by atomic mass is 9.51. The first-order valence-corrected chi connectivity index (χ1v) is 10.7. The lowest BCUT2D eigenvalue weighted by molar-refractivity contribution is -0.138. The third kappa shape index (κ3) is 2.46. The van der Waals surface area contributed by atoms with Gasteiger partial charge in [0, 0.05) is 55.2 Å². The van der Waals surface area contributed by atoms with Crippen molar-refractivity contribution >= 4 is 11.9 Å². The van der Waals surface area contributed by atoms with Crippen LogP contribution in [-0.4, -0.2) is 74.7 Å². The van der Waals surface area contributed by atoms with Crippen molar-refractivity contribution < 1.29 is 23.8 Å². The first kappa shape index (κ1) is 19.6. The maximum atomic E-state index is 12.9. The molecule has 0 aromatic heterocycles. The molecule has 2 heterocycles. The van der Waals surface area contributed by atoms with Crippen molar-refractivity contribution in [3.63, 3.8) is 0 Å². The Morgan fingerprint density at radius 1 is 1.43 bits per heavy atom. The third-order valence-electron chi connectivity index (χ3n) is 7.65. The normalized spacial score (nSPS) is 31.1. The molecule has 1 saturated heterocycles. The molecule has 2 aliphatic heterocycles. The summed E-state index contributed by atoms with van der Waals surface area (Å²) in [5.41, 5.74) is 7.25. The van der Waals surface area contributed by atoms with E-state index >= 15 is 0 Å². The van der Waals surface area contributed by atoms with Crippen LogP contribution >= 0.6 is 0 Å². The molecule has 1 spiro atoms. The van der Waals surface area contributed by atoms with Crippen LogP contribution in [0.2, 0.25) is 0 Å². The summed E-state index contributed by atoms with van der Waals surface area (Å²) in [7, 11) is 5.39. The fraction of sp³-hybridized carbons (Fsp3) is 0.636. The average molecular weight is 415 g/mol. The Hall–Kier alpha value is -2.32. The van der Waals surface area contributed by atoms with Gasteiger partial charge in [-0.2, -0.15) is 0 Å². The van der Waals surface area contributed by atoms with Crippen molar-refractivity contribution in [1.29, 1.82) is 0 Å². The molecule has 162 valence electrons. The highest BCUT2D eigenvalue weighted by Gasteiger charge is 2.66. The van der Waals surface area contributed by atoms with Gasteiger partial charge >= 0.3 is 6.09 Å². The molecule has 2 N–H and O–H groups in total. The van der Waals surface area contributed by atoms with Gasteiger partial charge in [-0.05, 0) is 38.8 Å². The van der Waals surface area contributed by atoms with Crippen LogP contribution in [0.1, 0.15) is 30.4 Å². The van der Waals surface area contributed by atoms with Gasteiger partial charge in [0.15, 0.2) is 23.4 Å². The number of benzene rings is 1. The molecule has 1 saturated carbocycles. The second-order valence-corrected chi connectivity index (χ2v) is 8.99. The third-order valence-corrected chi connectivity index (χ3v) is 7.65. The van der Waals surface area contributed by atoms with E-state index in [-0.39, 0.29) is 11.2 Å². The van der Waals surface area contributed by atoms with Gasteiger partial charge in [0.1, 0.15) is 5.75 Å². The van der Waals surface area contributed by atoms with Crippen LogP contribution in [0.4, 0.5) is 4.79 Å². The zero-order valence-corrected chi connectivity index (χ0v) is 17.8. The highest BCUT2D eigenvalue weighted by atomic mass is 16.6. The van der Waals surface area contributed by atoms with Gasteiger partial charge in [-0.25, -0.2) is 4.79 Å². The fourth-order valence-corrected chi connectivity index (χ4v) is 6.26. The van der Waals surface area contributed by atoms with Crippen molar-refractivity contribution in [1.82, 2.24) is 9.80 Å². The number of likely N-dealkylation sites (tertiary alicyclic amines) is 1. The first-order chi connectivity index (χ1) is 14.4. The summed E-state index contributed by atoms with van der Waals surface area (Å²) in [6.45, 7) is 1.69. The molecule has 0 radical (unpaired) electrons. The topological polar surface area (TPSA) is 94.3 Å². The number of ketones is 1. The van der Waals surface area contributed by atoms with E-state index in [9.17, 15) is 9.59 Å². The number of piperidine rings is 1. The van der Waals surface area contributed by atoms with Gasteiger partial charge < -0.3 is 29.7 Å². The van der Waals surface area contributed by atoms with Gasteiger partial charge in [-0.3, -0.25) is 4.79 Å². The van der Waals surface area contributed by atoms with E-state index in [2.05, 4.69) is 11.9 Å². The van der Waals surface area contributed by atoms with Crippen molar-refractivity contribution in [2.24, 2.45) is 11.7 Å². The Morgan fingerprint density at radius 3 is 2.97 bits per heavy atom. The van der Waals surface area contributed by atoms with Crippen LogP contribution in [0.25, 0.3) is 0 Å². The van der Waals surface area contributed by atoms with E-state index in [1.54, 1.807) is 20.2 Å². The number of Topliss-reactive ketones (excluding diaryl/α,β-unsaturated/α-hetero) is 1. The zero-order valence-electron chi connectivity index (χ0n) is 17.8. The number of hydrogen-bond donors (Lipinski definition) is 1. The Morgan fingerprint density at radius 2 is 2.23 bits per heavy atom. The molecule has 5 rings (SSSR count). The Labute approximate surface area is 176 Å². The monoisotopic (exact) mass is 415 g/mol. The van der Waals surface area contributed by atoms with Gasteiger partial charge in [-0.1, -0.05) is 0 Å². The molecule has 30 heavy (non-hydrogen) atoms. The van der Waals surface area contributed by atoms with E-state index in [0.29, 0.717) is 48.7 Å². The standard InChI is InChI=1S/C22H29N3O5/c1-24-8-6-22-13-4-5-15(26)20(22)30-19-17(28-3)11-16(12(18(19)22)10-14(13)24)29-21(27)25(2)9-7-23/h11,13-14,20H,4-10,23H2,1-3H3/t13-,14+,20-,22-/m0/s1. The summed E-state index contributed by atoms with van der Waals surface area (Å²) in [5, 5.41) is 0. The van der Waals surface area contributed by atoms with Crippen LogP contribution < -0.4 is 19.9 Å². The summed E-state index contributed by atoms with van der Waals surface area (Å²) in [6, 6.07) is 2.03. The summed E-state index contributed by atoms with van der Waals surface area (Å²) >= 11 is 0. The maximum Gasteiger partial charge on any atom is 0.415 e. The maximum absolute atomic E-state index is 12.9. The van der Waals surface area contributed by atoms with E-state index in [1.165, 1.54) is 4.90 Å². The fourth-order valence-electron chi connectivity index (χ4n) is 6.26. The van der Waals surface area contributed by atoms with E-state index < -0.39 is 12.2 Å².